The molecule has 1 unspecified atom stereocenters. The molecule has 0 bridgehead atoms. The van der Waals surface area contributed by atoms with Crippen molar-refractivity contribution in [2.75, 3.05) is 6.61 Å². The maximum atomic E-state index is 12.1. The summed E-state index contributed by atoms with van der Waals surface area (Å²) in [5.74, 6) is 5.30. The number of esters is 2. The predicted molar refractivity (Wildman–Crippen MR) is 89.2 cm³/mol. The van der Waals surface area contributed by atoms with Crippen molar-refractivity contribution >= 4 is 11.9 Å². The first-order valence-electron chi connectivity index (χ1n) is 8.06. The minimum atomic E-state index is -0.399. The number of hydrogen-bond acceptors (Lipinski definition) is 4. The van der Waals surface area contributed by atoms with Crippen LogP contribution >= 0.6 is 0 Å². The highest BCUT2D eigenvalue weighted by Crippen LogP contribution is 2.11. The first-order chi connectivity index (χ1) is 11.1. The summed E-state index contributed by atoms with van der Waals surface area (Å²) in [7, 11) is 0. The second-order valence-electron chi connectivity index (χ2n) is 5.04. The Kier molecular flexibility index (Phi) is 8.52. The molecule has 124 valence electrons. The lowest BCUT2D eigenvalue weighted by Crippen LogP contribution is -2.17. The van der Waals surface area contributed by atoms with Gasteiger partial charge in [0.1, 0.15) is 6.10 Å². The number of carbonyl (C=O) groups excluding carboxylic acids is 2. The highest BCUT2D eigenvalue weighted by molar-refractivity contribution is 5.93. The summed E-state index contributed by atoms with van der Waals surface area (Å²) in [5.41, 5.74) is 0.832. The van der Waals surface area contributed by atoms with Crippen LogP contribution in [0.25, 0.3) is 0 Å². The fourth-order valence-electron chi connectivity index (χ4n) is 1.84. The minimum Gasteiger partial charge on any atom is -0.462 e. The molecular weight excluding hydrogens is 292 g/mol. The van der Waals surface area contributed by atoms with Gasteiger partial charge in [0.2, 0.25) is 0 Å². The maximum Gasteiger partial charge on any atom is 0.338 e. The summed E-state index contributed by atoms with van der Waals surface area (Å²) in [5, 5.41) is 0. The number of carbonyl (C=O) groups is 2. The summed E-state index contributed by atoms with van der Waals surface area (Å²) in [6.07, 6.45) is 2.93. The van der Waals surface area contributed by atoms with Crippen LogP contribution in [-0.2, 0) is 9.47 Å². The van der Waals surface area contributed by atoms with Crippen molar-refractivity contribution in [2.45, 2.75) is 52.6 Å². The Bertz CT molecular complexity index is 563. The van der Waals surface area contributed by atoms with Gasteiger partial charge in [-0.3, -0.25) is 0 Å². The first kappa shape index (κ1) is 18.8. The van der Waals surface area contributed by atoms with Crippen LogP contribution in [0.3, 0.4) is 0 Å². The van der Waals surface area contributed by atoms with Crippen LogP contribution in [0.1, 0.15) is 67.2 Å². The molecule has 23 heavy (non-hydrogen) atoms. The van der Waals surface area contributed by atoms with E-state index in [-0.39, 0.29) is 6.10 Å². The van der Waals surface area contributed by atoms with E-state index >= 15 is 0 Å². The Morgan fingerprint density at radius 3 is 2.13 bits per heavy atom. The van der Waals surface area contributed by atoms with Crippen LogP contribution in [0.15, 0.2) is 24.3 Å². The summed E-state index contributed by atoms with van der Waals surface area (Å²) in [6.45, 7) is 6.10. The molecule has 0 aliphatic carbocycles. The van der Waals surface area contributed by atoms with Gasteiger partial charge < -0.3 is 9.47 Å². The second kappa shape index (κ2) is 10.4. The first-order valence-corrected chi connectivity index (χ1v) is 8.06. The van der Waals surface area contributed by atoms with E-state index in [4.69, 9.17) is 9.47 Å². The third-order valence-electron chi connectivity index (χ3n) is 3.19. The molecule has 4 heteroatoms. The normalized spacial score (nSPS) is 11.1. The molecule has 1 aromatic rings. The molecule has 0 fully saturated rings. The molecular formula is C19H24O4. The van der Waals surface area contributed by atoms with Crippen LogP contribution in [0, 0.1) is 11.8 Å². The SMILES string of the molecule is CCCC#CCC(CC)OC(=O)c1ccc(C(=O)OCC)cc1. The Morgan fingerprint density at radius 2 is 1.61 bits per heavy atom. The molecule has 1 aromatic carbocycles. The van der Waals surface area contributed by atoms with Gasteiger partial charge in [-0.25, -0.2) is 9.59 Å². The molecule has 0 spiro atoms. The highest BCUT2D eigenvalue weighted by Gasteiger charge is 2.14. The molecule has 0 amide bonds. The number of unbranched alkanes of at least 4 members (excludes halogenated alkanes) is 1. The fourth-order valence-corrected chi connectivity index (χ4v) is 1.84. The van der Waals surface area contributed by atoms with E-state index in [1.165, 1.54) is 0 Å². The molecule has 0 N–H and O–H groups in total. The average molecular weight is 316 g/mol. The van der Waals surface area contributed by atoms with Gasteiger partial charge in [-0.1, -0.05) is 19.8 Å². The predicted octanol–water partition coefficient (Wildman–Crippen LogP) is 3.99. The van der Waals surface area contributed by atoms with Crippen LogP contribution in [0.4, 0.5) is 0 Å². The van der Waals surface area contributed by atoms with Crippen molar-refractivity contribution in [3.8, 4) is 11.8 Å². The van der Waals surface area contributed by atoms with E-state index in [1.54, 1.807) is 31.2 Å². The lowest BCUT2D eigenvalue weighted by molar-refractivity contribution is 0.0303. The van der Waals surface area contributed by atoms with Crippen molar-refractivity contribution in [3.63, 3.8) is 0 Å². The van der Waals surface area contributed by atoms with E-state index in [0.717, 1.165) is 12.8 Å². The largest absolute Gasteiger partial charge is 0.462 e. The van der Waals surface area contributed by atoms with Crippen molar-refractivity contribution < 1.29 is 19.1 Å². The Hall–Kier alpha value is -2.28. The van der Waals surface area contributed by atoms with Gasteiger partial charge in [0, 0.05) is 12.8 Å². The molecule has 0 aliphatic heterocycles. The van der Waals surface area contributed by atoms with Gasteiger partial charge >= 0.3 is 11.9 Å². The monoisotopic (exact) mass is 316 g/mol. The summed E-state index contributed by atoms with van der Waals surface area (Å²) in [4.78, 5) is 23.7. The van der Waals surface area contributed by atoms with Gasteiger partial charge in [0.15, 0.2) is 0 Å². The van der Waals surface area contributed by atoms with Gasteiger partial charge in [-0.05, 0) is 44.0 Å². The average Bonchev–Trinajstić information content (AvgIpc) is 2.57. The van der Waals surface area contributed by atoms with Crippen molar-refractivity contribution in [2.24, 2.45) is 0 Å². The highest BCUT2D eigenvalue weighted by atomic mass is 16.5. The quantitative estimate of drug-likeness (QED) is 0.564. The van der Waals surface area contributed by atoms with E-state index in [9.17, 15) is 9.59 Å². The van der Waals surface area contributed by atoms with Crippen LogP contribution in [0.2, 0.25) is 0 Å². The van der Waals surface area contributed by atoms with E-state index < -0.39 is 11.9 Å². The van der Waals surface area contributed by atoms with E-state index in [2.05, 4.69) is 18.8 Å². The van der Waals surface area contributed by atoms with E-state index in [1.807, 2.05) is 6.92 Å². The van der Waals surface area contributed by atoms with Crippen LogP contribution in [-0.4, -0.2) is 24.6 Å². The molecule has 0 saturated heterocycles. The van der Waals surface area contributed by atoms with Crippen LogP contribution < -0.4 is 0 Å². The molecule has 0 aliphatic rings. The van der Waals surface area contributed by atoms with Crippen molar-refractivity contribution in [3.05, 3.63) is 35.4 Å². The van der Waals surface area contributed by atoms with Crippen molar-refractivity contribution in [1.29, 1.82) is 0 Å². The molecule has 0 radical (unpaired) electrons. The Morgan fingerprint density at radius 1 is 1.00 bits per heavy atom. The lowest BCUT2D eigenvalue weighted by atomic mass is 10.1. The smallest absolute Gasteiger partial charge is 0.338 e. The Labute approximate surface area is 138 Å². The number of hydrogen-bond donors (Lipinski definition) is 0. The fraction of sp³-hybridized carbons (Fsp3) is 0.474. The zero-order valence-corrected chi connectivity index (χ0v) is 14.1. The molecule has 0 saturated carbocycles. The maximum absolute atomic E-state index is 12.1. The standard InChI is InChI=1S/C19H24O4/c1-4-7-8-9-10-17(5-2)23-19(21)16-13-11-15(12-14-16)18(20)22-6-3/h11-14,17H,4-7,10H2,1-3H3. The molecule has 1 rings (SSSR count). The lowest BCUT2D eigenvalue weighted by Gasteiger charge is -2.13. The zero-order chi connectivity index (χ0) is 17.1. The summed E-state index contributed by atoms with van der Waals surface area (Å²) in [6, 6.07) is 6.28. The van der Waals surface area contributed by atoms with Gasteiger partial charge in [0.05, 0.1) is 17.7 Å². The van der Waals surface area contributed by atoms with Gasteiger partial charge in [0.25, 0.3) is 0 Å². The third-order valence-corrected chi connectivity index (χ3v) is 3.19. The molecule has 0 aromatic heterocycles. The minimum absolute atomic E-state index is 0.211. The Balaban J connectivity index is 2.62. The van der Waals surface area contributed by atoms with Gasteiger partial charge in [-0.2, -0.15) is 0 Å². The zero-order valence-electron chi connectivity index (χ0n) is 14.1. The number of ether oxygens (including phenoxy) is 2. The third kappa shape index (κ3) is 6.56. The number of benzene rings is 1. The van der Waals surface area contributed by atoms with Crippen LogP contribution in [0.5, 0.6) is 0 Å². The summed E-state index contributed by atoms with van der Waals surface area (Å²) < 4.78 is 10.4. The summed E-state index contributed by atoms with van der Waals surface area (Å²) >= 11 is 0. The second-order valence-corrected chi connectivity index (χ2v) is 5.04. The molecule has 0 heterocycles. The molecule has 4 nitrogen and oxygen atoms in total. The topological polar surface area (TPSA) is 52.6 Å². The molecule has 1 atom stereocenters. The number of rotatable bonds is 7. The van der Waals surface area contributed by atoms with E-state index in [0.29, 0.717) is 30.6 Å². The van der Waals surface area contributed by atoms with Crippen molar-refractivity contribution in [1.82, 2.24) is 0 Å². The van der Waals surface area contributed by atoms with Gasteiger partial charge in [-0.15, -0.1) is 5.92 Å².